The number of hydrogen-bond donors (Lipinski definition) is 0. The number of carbonyl (C=O) groups is 2. The molecule has 0 aromatic carbocycles. The number of allylic oxidation sites excluding steroid dienone is 2. The van der Waals surface area contributed by atoms with Crippen LogP contribution in [-0.4, -0.2) is 11.9 Å². The third kappa shape index (κ3) is 32.4. The van der Waals surface area contributed by atoms with Crippen LogP contribution < -0.4 is 10.2 Å². The first-order valence-electron chi connectivity index (χ1n) is 7.29. The average Bonchev–Trinajstić information content (AvgIpc) is 2.38. The summed E-state index contributed by atoms with van der Waals surface area (Å²) < 4.78 is 0. The number of carboxylic acid groups (broad SMARTS) is 2. The number of hydrogen-bond acceptors (Lipinski definition) is 4. The van der Waals surface area contributed by atoms with E-state index >= 15 is 0 Å². The normalized spacial score (nSPS) is 10.0. The van der Waals surface area contributed by atoms with Gasteiger partial charge in [-0.1, -0.05) is 51.7 Å². The summed E-state index contributed by atoms with van der Waals surface area (Å²) in [5.74, 6) is -2.20. The van der Waals surface area contributed by atoms with Crippen LogP contribution in [0.2, 0.25) is 0 Å². The Morgan fingerprint density at radius 3 is 1.33 bits per heavy atom. The molecule has 0 aliphatic rings. The van der Waals surface area contributed by atoms with Crippen LogP contribution in [-0.2, 0) is 26.1 Å². The predicted molar refractivity (Wildman–Crippen MR) is 76.6 cm³/mol. The molecule has 0 N–H and O–H groups in total. The van der Waals surface area contributed by atoms with Crippen molar-refractivity contribution < 1.29 is 36.3 Å². The molecule has 0 fully saturated rings. The van der Waals surface area contributed by atoms with Gasteiger partial charge in [-0.3, -0.25) is 0 Å². The van der Waals surface area contributed by atoms with Crippen LogP contribution in [0.25, 0.3) is 0 Å². The van der Waals surface area contributed by atoms with Gasteiger partial charge in [0.1, 0.15) is 0 Å². The first kappa shape index (κ1) is 24.9. The van der Waals surface area contributed by atoms with Gasteiger partial charge in [-0.25, -0.2) is 0 Å². The maximum atomic E-state index is 9.83. The standard InChI is InChI=1S/2C8H14O2.Ni/c2*1-2-3-4-5-6-7-8(9)10;/h2*6-7H,2-5H2,1H3,(H,9,10);/q;;+2/p-2. The van der Waals surface area contributed by atoms with E-state index in [4.69, 9.17) is 0 Å². The van der Waals surface area contributed by atoms with Gasteiger partial charge in [-0.05, 0) is 37.8 Å². The topological polar surface area (TPSA) is 80.3 Å². The quantitative estimate of drug-likeness (QED) is 0.344. The van der Waals surface area contributed by atoms with Gasteiger partial charge in [0.25, 0.3) is 0 Å². The van der Waals surface area contributed by atoms with Crippen LogP contribution in [0.15, 0.2) is 24.3 Å². The zero-order valence-corrected chi connectivity index (χ0v) is 13.9. The van der Waals surface area contributed by atoms with Crippen molar-refractivity contribution >= 4 is 11.9 Å². The van der Waals surface area contributed by atoms with E-state index in [1.165, 1.54) is 12.8 Å². The van der Waals surface area contributed by atoms with Crippen molar-refractivity contribution in [2.24, 2.45) is 0 Å². The zero-order chi connectivity index (χ0) is 15.6. The van der Waals surface area contributed by atoms with Crippen LogP contribution in [0.5, 0.6) is 0 Å². The Balaban J connectivity index is -0.000000295. The molecule has 0 spiro atoms. The van der Waals surface area contributed by atoms with E-state index in [2.05, 4.69) is 13.8 Å². The fourth-order valence-corrected chi connectivity index (χ4v) is 1.38. The van der Waals surface area contributed by atoms with Crippen molar-refractivity contribution in [3.8, 4) is 0 Å². The fraction of sp³-hybridized carbons (Fsp3) is 0.625. The molecule has 124 valence electrons. The number of carboxylic acids is 2. The summed E-state index contributed by atoms with van der Waals surface area (Å²) in [5, 5.41) is 19.7. The van der Waals surface area contributed by atoms with Gasteiger partial charge in [0.2, 0.25) is 0 Å². The molecule has 0 rings (SSSR count). The number of unbranched alkanes of at least 4 members (excludes halogenated alkanes) is 6. The molecule has 0 aliphatic heterocycles. The smallest absolute Gasteiger partial charge is 0.545 e. The maximum Gasteiger partial charge on any atom is 2.00 e. The first-order valence-corrected chi connectivity index (χ1v) is 7.29. The van der Waals surface area contributed by atoms with Crippen molar-refractivity contribution in [2.45, 2.75) is 65.2 Å². The minimum Gasteiger partial charge on any atom is -0.545 e. The molecule has 0 heterocycles. The maximum absolute atomic E-state index is 9.83. The van der Waals surface area contributed by atoms with E-state index < -0.39 is 11.9 Å². The Labute approximate surface area is 138 Å². The third-order valence-corrected chi connectivity index (χ3v) is 2.46. The second-order valence-electron chi connectivity index (χ2n) is 4.43. The summed E-state index contributed by atoms with van der Waals surface area (Å²) in [4.78, 5) is 19.7. The van der Waals surface area contributed by atoms with E-state index in [-0.39, 0.29) is 16.5 Å². The second kappa shape index (κ2) is 21.2. The van der Waals surface area contributed by atoms with Crippen molar-refractivity contribution in [3.05, 3.63) is 24.3 Å². The average molecular weight is 341 g/mol. The Morgan fingerprint density at radius 2 is 1.10 bits per heavy atom. The van der Waals surface area contributed by atoms with Crippen LogP contribution >= 0.6 is 0 Å². The second-order valence-corrected chi connectivity index (χ2v) is 4.43. The van der Waals surface area contributed by atoms with Gasteiger partial charge in [-0.15, -0.1) is 0 Å². The molecule has 0 radical (unpaired) electrons. The summed E-state index contributed by atoms with van der Waals surface area (Å²) in [5.41, 5.74) is 0. The van der Waals surface area contributed by atoms with E-state index in [0.717, 1.165) is 50.7 Å². The molecular weight excluding hydrogens is 315 g/mol. The molecule has 0 amide bonds. The SMILES string of the molecule is CCCCCC=CC(=O)[O-].CCCCCC=CC(=O)[O-].[Ni+2]. The van der Waals surface area contributed by atoms with Gasteiger partial charge in [-0.2, -0.15) is 0 Å². The Bertz CT molecular complexity index is 269. The molecule has 0 aromatic rings. The van der Waals surface area contributed by atoms with Crippen LogP contribution in [0.3, 0.4) is 0 Å². The minimum absolute atomic E-state index is 0. The molecule has 0 saturated heterocycles. The van der Waals surface area contributed by atoms with E-state index in [0.29, 0.717) is 0 Å². The van der Waals surface area contributed by atoms with E-state index in [9.17, 15) is 19.8 Å². The Kier molecular flexibility index (Phi) is 25.2. The third-order valence-electron chi connectivity index (χ3n) is 2.46. The summed E-state index contributed by atoms with van der Waals surface area (Å²) in [6.45, 7) is 4.23. The van der Waals surface area contributed by atoms with Crippen molar-refractivity contribution in [1.29, 1.82) is 0 Å². The zero-order valence-electron chi connectivity index (χ0n) is 12.9. The van der Waals surface area contributed by atoms with Crippen molar-refractivity contribution in [2.75, 3.05) is 0 Å². The monoisotopic (exact) mass is 340 g/mol. The molecule has 0 unspecified atom stereocenters. The van der Waals surface area contributed by atoms with Crippen LogP contribution in [0.4, 0.5) is 0 Å². The van der Waals surface area contributed by atoms with Crippen LogP contribution in [0, 0.1) is 0 Å². The molecule has 0 aromatic heterocycles. The Morgan fingerprint density at radius 1 is 0.762 bits per heavy atom. The van der Waals surface area contributed by atoms with E-state index in [1.807, 2.05) is 0 Å². The molecule has 4 nitrogen and oxygen atoms in total. The number of carbonyl (C=O) groups excluding carboxylic acids is 2. The fourth-order valence-electron chi connectivity index (χ4n) is 1.38. The van der Waals surface area contributed by atoms with Crippen molar-refractivity contribution in [1.82, 2.24) is 0 Å². The molecule has 0 bridgehead atoms. The summed E-state index contributed by atoms with van der Waals surface area (Å²) in [7, 11) is 0. The summed E-state index contributed by atoms with van der Waals surface area (Å²) >= 11 is 0. The molecule has 0 aliphatic carbocycles. The molecule has 5 heteroatoms. The molecular formula is C16H26NiO4. The van der Waals surface area contributed by atoms with Gasteiger partial charge in [0.05, 0.1) is 11.9 Å². The number of aliphatic carboxylic acids is 2. The minimum atomic E-state index is -1.10. The van der Waals surface area contributed by atoms with Crippen LogP contribution in [0.1, 0.15) is 65.2 Å². The first-order chi connectivity index (χ1) is 9.54. The summed E-state index contributed by atoms with van der Waals surface area (Å²) in [6, 6.07) is 0. The van der Waals surface area contributed by atoms with Crippen molar-refractivity contribution in [3.63, 3.8) is 0 Å². The molecule has 0 atom stereocenters. The Hall–Kier alpha value is -1.09. The molecule has 0 saturated carbocycles. The largest absolute Gasteiger partial charge is 2.00 e. The van der Waals surface area contributed by atoms with E-state index in [1.54, 1.807) is 12.2 Å². The van der Waals surface area contributed by atoms with Gasteiger partial charge in [0, 0.05) is 0 Å². The van der Waals surface area contributed by atoms with Gasteiger partial charge < -0.3 is 19.8 Å². The molecule has 21 heavy (non-hydrogen) atoms. The van der Waals surface area contributed by atoms with Gasteiger partial charge in [0.15, 0.2) is 0 Å². The van der Waals surface area contributed by atoms with Gasteiger partial charge >= 0.3 is 16.5 Å². The summed E-state index contributed by atoms with van der Waals surface area (Å²) in [6.07, 6.45) is 14.0. The predicted octanol–water partition coefficient (Wildman–Crippen LogP) is 1.74. The number of rotatable bonds is 10.